The fourth-order valence-corrected chi connectivity index (χ4v) is 4.44. The topological polar surface area (TPSA) is 49.3 Å². The van der Waals surface area contributed by atoms with Gasteiger partial charge in [0.1, 0.15) is 5.82 Å². The lowest BCUT2D eigenvalue weighted by Gasteiger charge is -2.26. The molecule has 1 fully saturated rings. The third-order valence-corrected chi connectivity index (χ3v) is 6.19. The van der Waals surface area contributed by atoms with Gasteiger partial charge in [-0.25, -0.2) is 9.97 Å². The number of benzene rings is 3. The van der Waals surface area contributed by atoms with Crippen LogP contribution in [0.2, 0.25) is 0 Å². The van der Waals surface area contributed by atoms with Crippen LogP contribution in [-0.4, -0.2) is 40.4 Å². The van der Waals surface area contributed by atoms with Crippen LogP contribution < -0.4 is 4.90 Å². The van der Waals surface area contributed by atoms with E-state index in [-0.39, 0.29) is 5.91 Å². The van der Waals surface area contributed by atoms with Crippen LogP contribution in [0, 0.1) is 0 Å². The molecule has 0 atom stereocenters. The Morgan fingerprint density at radius 1 is 0.818 bits per heavy atom. The zero-order valence-electron chi connectivity index (χ0n) is 18.7. The second-order valence-electron chi connectivity index (χ2n) is 8.50. The van der Waals surface area contributed by atoms with Gasteiger partial charge >= 0.3 is 0 Å². The van der Waals surface area contributed by atoms with Gasteiger partial charge in [-0.3, -0.25) is 4.79 Å². The average Bonchev–Trinajstić information content (AvgIpc) is 3.42. The Bertz CT molecular complexity index is 1220. The molecule has 1 aromatic heterocycles. The van der Waals surface area contributed by atoms with Crippen molar-refractivity contribution < 1.29 is 4.79 Å². The van der Waals surface area contributed by atoms with E-state index < -0.39 is 0 Å². The first kappa shape index (κ1) is 21.1. The van der Waals surface area contributed by atoms with E-state index in [9.17, 15) is 4.79 Å². The van der Waals surface area contributed by atoms with E-state index >= 15 is 0 Å². The van der Waals surface area contributed by atoms with Crippen LogP contribution in [0.5, 0.6) is 0 Å². The van der Waals surface area contributed by atoms with E-state index in [1.54, 1.807) is 0 Å². The summed E-state index contributed by atoms with van der Waals surface area (Å²) in [6.45, 7) is 3.06. The van der Waals surface area contributed by atoms with Crippen LogP contribution in [0.25, 0.3) is 22.3 Å². The maximum Gasteiger partial charge on any atom is 0.224 e. The van der Waals surface area contributed by atoms with E-state index in [1.165, 1.54) is 5.56 Å². The molecule has 1 saturated heterocycles. The second kappa shape index (κ2) is 9.82. The van der Waals surface area contributed by atoms with Gasteiger partial charge in [0.2, 0.25) is 5.91 Å². The van der Waals surface area contributed by atoms with Gasteiger partial charge in [0.15, 0.2) is 5.82 Å². The number of anilines is 1. The van der Waals surface area contributed by atoms with Gasteiger partial charge in [-0.2, -0.15) is 0 Å². The molecule has 0 N–H and O–H groups in total. The van der Waals surface area contributed by atoms with Gasteiger partial charge < -0.3 is 9.80 Å². The quantitative estimate of drug-likeness (QED) is 0.394. The fourth-order valence-electron chi connectivity index (χ4n) is 4.44. The first-order chi connectivity index (χ1) is 16.3. The number of hydrogen-bond acceptors (Lipinski definition) is 4. The molecule has 166 valence electrons. The number of fused-ring (bicyclic) bond motifs is 1. The lowest BCUT2D eigenvalue weighted by atomic mass is 10.1. The van der Waals surface area contributed by atoms with Crippen LogP contribution in [0.4, 0.5) is 5.82 Å². The molecular formula is C28H28N4O. The number of amides is 1. The maximum atomic E-state index is 12.9. The molecule has 0 saturated carbocycles. The molecule has 1 amide bonds. The number of nitrogens with zero attached hydrogens (tertiary/aromatic N) is 4. The molecule has 5 nitrogen and oxygen atoms in total. The zero-order chi connectivity index (χ0) is 22.5. The highest BCUT2D eigenvalue weighted by atomic mass is 16.2. The maximum absolute atomic E-state index is 12.9. The van der Waals surface area contributed by atoms with Crippen LogP contribution in [0.1, 0.15) is 24.8 Å². The van der Waals surface area contributed by atoms with Gasteiger partial charge in [0.05, 0.1) is 5.52 Å². The first-order valence-corrected chi connectivity index (χ1v) is 11.7. The number of rotatable bonds is 7. The average molecular weight is 437 g/mol. The molecular weight excluding hydrogens is 408 g/mol. The van der Waals surface area contributed by atoms with Crippen molar-refractivity contribution in [3.05, 3.63) is 90.5 Å². The Labute approximate surface area is 194 Å². The second-order valence-corrected chi connectivity index (χ2v) is 8.50. The van der Waals surface area contributed by atoms with Crippen molar-refractivity contribution in [2.45, 2.75) is 25.8 Å². The molecule has 0 bridgehead atoms. The summed E-state index contributed by atoms with van der Waals surface area (Å²) >= 11 is 0. The minimum Gasteiger partial charge on any atom is -0.351 e. The number of hydrogen-bond donors (Lipinski definition) is 0. The van der Waals surface area contributed by atoms with E-state index in [2.05, 4.69) is 35.2 Å². The van der Waals surface area contributed by atoms with E-state index in [1.807, 2.05) is 59.5 Å². The van der Waals surface area contributed by atoms with E-state index in [0.29, 0.717) is 25.3 Å². The van der Waals surface area contributed by atoms with Crippen molar-refractivity contribution in [2.75, 3.05) is 24.5 Å². The molecule has 4 aromatic rings. The first-order valence-electron chi connectivity index (χ1n) is 11.7. The van der Waals surface area contributed by atoms with Crippen molar-refractivity contribution in [1.82, 2.24) is 14.9 Å². The monoisotopic (exact) mass is 436 g/mol. The van der Waals surface area contributed by atoms with Crippen molar-refractivity contribution >= 4 is 22.6 Å². The van der Waals surface area contributed by atoms with Crippen molar-refractivity contribution in [3.8, 4) is 11.4 Å². The van der Waals surface area contributed by atoms with Crippen molar-refractivity contribution in [2.24, 2.45) is 0 Å². The third-order valence-electron chi connectivity index (χ3n) is 6.19. The Kier molecular flexibility index (Phi) is 6.29. The highest BCUT2D eigenvalue weighted by Gasteiger charge is 2.21. The summed E-state index contributed by atoms with van der Waals surface area (Å²) in [5.41, 5.74) is 3.08. The predicted molar refractivity (Wildman–Crippen MR) is 133 cm³/mol. The normalized spacial score (nSPS) is 13.4. The summed E-state index contributed by atoms with van der Waals surface area (Å²) in [6.07, 6.45) is 2.69. The fraction of sp³-hybridized carbons (Fsp3) is 0.250. The molecule has 0 unspecified atom stereocenters. The van der Waals surface area contributed by atoms with Gasteiger partial charge in [-0.05, 0) is 30.5 Å². The summed E-state index contributed by atoms with van der Waals surface area (Å²) in [5.74, 6) is 1.80. The smallest absolute Gasteiger partial charge is 0.224 e. The largest absolute Gasteiger partial charge is 0.351 e. The molecule has 0 radical (unpaired) electrons. The highest BCUT2D eigenvalue weighted by molar-refractivity contribution is 5.91. The molecule has 3 aromatic carbocycles. The third kappa shape index (κ3) is 4.87. The minimum absolute atomic E-state index is 0.229. The minimum atomic E-state index is 0.229. The van der Waals surface area contributed by atoms with Crippen LogP contribution in [0.15, 0.2) is 84.9 Å². The molecule has 1 aliphatic heterocycles. The van der Waals surface area contributed by atoms with E-state index in [0.717, 1.165) is 48.2 Å². The molecule has 2 heterocycles. The zero-order valence-corrected chi connectivity index (χ0v) is 18.7. The van der Waals surface area contributed by atoms with Crippen LogP contribution >= 0.6 is 0 Å². The number of carbonyl (C=O) groups excluding carboxylic acids is 1. The summed E-state index contributed by atoms with van der Waals surface area (Å²) in [5, 5.41) is 1.00. The van der Waals surface area contributed by atoms with Crippen LogP contribution in [0.3, 0.4) is 0 Å². The van der Waals surface area contributed by atoms with Crippen molar-refractivity contribution in [3.63, 3.8) is 0 Å². The SMILES string of the molecule is O=C(CCN(Cc1ccccc1)c1nc(-c2ccccc2)nc2ccccc12)N1CCCC1. The molecule has 5 heteroatoms. The van der Waals surface area contributed by atoms with Crippen molar-refractivity contribution in [1.29, 1.82) is 0 Å². The summed E-state index contributed by atoms with van der Waals surface area (Å²) < 4.78 is 0. The summed E-state index contributed by atoms with van der Waals surface area (Å²) in [6, 6.07) is 28.6. The predicted octanol–water partition coefficient (Wildman–Crippen LogP) is 5.32. The molecule has 0 spiro atoms. The number of para-hydroxylation sites is 1. The molecule has 0 aliphatic carbocycles. The molecule has 1 aliphatic rings. The highest BCUT2D eigenvalue weighted by Crippen LogP contribution is 2.29. The number of aromatic nitrogens is 2. The standard InChI is InChI=1S/C28H28N4O/c33-26(31-18-9-10-19-31)17-20-32(21-22-11-3-1-4-12-22)28-24-15-7-8-16-25(24)29-27(30-28)23-13-5-2-6-14-23/h1-8,11-16H,9-10,17-21H2. The number of carbonyl (C=O) groups is 1. The van der Waals surface area contributed by atoms with Gasteiger partial charge in [-0.1, -0.05) is 72.8 Å². The lowest BCUT2D eigenvalue weighted by molar-refractivity contribution is -0.129. The molecule has 5 rings (SSSR count). The van der Waals surface area contributed by atoms with Gasteiger partial charge in [0, 0.05) is 43.5 Å². The Hall–Kier alpha value is -3.73. The Morgan fingerprint density at radius 3 is 2.24 bits per heavy atom. The summed E-state index contributed by atoms with van der Waals surface area (Å²) in [4.78, 5) is 27.0. The van der Waals surface area contributed by atoms with E-state index in [4.69, 9.17) is 9.97 Å². The van der Waals surface area contributed by atoms with Gasteiger partial charge in [-0.15, -0.1) is 0 Å². The Morgan fingerprint density at radius 2 is 1.48 bits per heavy atom. The van der Waals surface area contributed by atoms with Crippen LogP contribution in [-0.2, 0) is 11.3 Å². The molecule has 33 heavy (non-hydrogen) atoms. The Balaban J connectivity index is 1.53. The number of likely N-dealkylation sites (tertiary alicyclic amines) is 1. The lowest BCUT2D eigenvalue weighted by Crippen LogP contribution is -2.33. The summed E-state index contributed by atoms with van der Waals surface area (Å²) in [7, 11) is 0. The van der Waals surface area contributed by atoms with Gasteiger partial charge in [0.25, 0.3) is 0 Å².